The lowest BCUT2D eigenvalue weighted by Gasteiger charge is -2.14. The molecule has 0 saturated heterocycles. The highest BCUT2D eigenvalue weighted by atomic mass is 127. The van der Waals surface area contributed by atoms with Gasteiger partial charge in [0.05, 0.1) is 14.2 Å². The summed E-state index contributed by atoms with van der Waals surface area (Å²) in [5.41, 5.74) is 2.07. The Morgan fingerprint density at radius 2 is 1.77 bits per heavy atom. The van der Waals surface area contributed by atoms with E-state index in [4.69, 9.17) is 9.47 Å². The summed E-state index contributed by atoms with van der Waals surface area (Å²) >= 11 is 0. The monoisotopic (exact) mass is 473 g/mol. The molecule has 2 rings (SSSR count). The van der Waals surface area contributed by atoms with Crippen molar-refractivity contribution < 1.29 is 13.9 Å². The first kappa shape index (κ1) is 22.0. The number of aliphatic imine (C=N–C) groups is 1. The van der Waals surface area contributed by atoms with Crippen molar-refractivity contribution in [2.45, 2.75) is 13.0 Å². The van der Waals surface area contributed by atoms with Gasteiger partial charge < -0.3 is 20.1 Å². The molecular formula is C19H25FIN3O2. The van der Waals surface area contributed by atoms with Crippen molar-refractivity contribution in [2.24, 2.45) is 4.99 Å². The average Bonchev–Trinajstić information content (AvgIpc) is 2.65. The van der Waals surface area contributed by atoms with Crippen LogP contribution in [0.2, 0.25) is 0 Å². The Morgan fingerprint density at radius 3 is 2.38 bits per heavy atom. The van der Waals surface area contributed by atoms with E-state index in [0.29, 0.717) is 19.0 Å². The quantitative estimate of drug-likeness (QED) is 0.368. The topological polar surface area (TPSA) is 54.9 Å². The summed E-state index contributed by atoms with van der Waals surface area (Å²) in [4.78, 5) is 4.21. The Labute approximate surface area is 171 Å². The molecule has 0 aliphatic rings. The van der Waals surface area contributed by atoms with Gasteiger partial charge in [-0.25, -0.2) is 4.39 Å². The van der Waals surface area contributed by atoms with Crippen LogP contribution in [0.3, 0.4) is 0 Å². The van der Waals surface area contributed by atoms with Crippen LogP contribution < -0.4 is 20.1 Å². The van der Waals surface area contributed by atoms with E-state index in [1.165, 1.54) is 12.1 Å². The average molecular weight is 473 g/mol. The second-order valence-electron chi connectivity index (χ2n) is 5.41. The minimum Gasteiger partial charge on any atom is -0.497 e. The van der Waals surface area contributed by atoms with Gasteiger partial charge in [0.15, 0.2) is 5.96 Å². The lowest BCUT2D eigenvalue weighted by molar-refractivity contribution is 0.390. The summed E-state index contributed by atoms with van der Waals surface area (Å²) < 4.78 is 23.5. The van der Waals surface area contributed by atoms with E-state index in [-0.39, 0.29) is 29.8 Å². The van der Waals surface area contributed by atoms with Crippen LogP contribution in [0.15, 0.2) is 47.5 Å². The number of hydrogen-bond donors (Lipinski definition) is 2. The van der Waals surface area contributed by atoms with Gasteiger partial charge in [-0.05, 0) is 36.2 Å². The fourth-order valence-electron chi connectivity index (χ4n) is 2.37. The first-order chi connectivity index (χ1) is 12.2. The molecule has 0 atom stereocenters. The molecule has 2 aromatic carbocycles. The number of methoxy groups -OCH3 is 2. The normalized spacial score (nSPS) is 10.7. The summed E-state index contributed by atoms with van der Waals surface area (Å²) in [6, 6.07) is 12.2. The zero-order valence-electron chi connectivity index (χ0n) is 15.2. The maximum atomic E-state index is 12.9. The summed E-state index contributed by atoms with van der Waals surface area (Å²) in [6.07, 6.45) is 0.785. The molecular weight excluding hydrogens is 448 g/mol. The smallest absolute Gasteiger partial charge is 0.191 e. The Kier molecular flexibility index (Phi) is 9.79. The van der Waals surface area contributed by atoms with E-state index < -0.39 is 0 Å². The van der Waals surface area contributed by atoms with E-state index in [0.717, 1.165) is 29.0 Å². The number of hydrogen-bond acceptors (Lipinski definition) is 3. The number of nitrogens with zero attached hydrogens (tertiary/aromatic N) is 1. The SMILES string of the molecule is CN=C(NCCc1ccc(F)cc1)NCc1ccc(OC)cc1OC.I. The van der Waals surface area contributed by atoms with Crippen LogP contribution >= 0.6 is 24.0 Å². The fourth-order valence-corrected chi connectivity index (χ4v) is 2.37. The molecule has 0 aromatic heterocycles. The fraction of sp³-hybridized carbons (Fsp3) is 0.316. The number of rotatable bonds is 7. The van der Waals surface area contributed by atoms with Crippen molar-refractivity contribution in [2.75, 3.05) is 27.8 Å². The zero-order valence-corrected chi connectivity index (χ0v) is 17.5. The standard InChI is InChI=1S/C19H24FN3O2.HI/c1-21-19(22-11-10-14-4-7-16(20)8-5-14)23-13-15-6-9-17(24-2)12-18(15)25-3;/h4-9,12H,10-11,13H2,1-3H3,(H2,21,22,23);1H. The Morgan fingerprint density at radius 1 is 1.04 bits per heavy atom. The molecule has 7 heteroatoms. The molecule has 0 heterocycles. The van der Waals surface area contributed by atoms with Crippen LogP contribution in [0.25, 0.3) is 0 Å². The van der Waals surface area contributed by atoms with Crippen molar-refractivity contribution in [1.29, 1.82) is 0 Å². The van der Waals surface area contributed by atoms with Gasteiger partial charge in [-0.2, -0.15) is 0 Å². The largest absolute Gasteiger partial charge is 0.497 e. The van der Waals surface area contributed by atoms with Crippen LogP contribution in [0, 0.1) is 5.82 Å². The molecule has 2 aromatic rings. The van der Waals surface area contributed by atoms with Gasteiger partial charge >= 0.3 is 0 Å². The molecule has 0 radical (unpaired) electrons. The predicted octanol–water partition coefficient (Wildman–Crippen LogP) is 3.37. The molecule has 26 heavy (non-hydrogen) atoms. The Hall–Kier alpha value is -2.03. The van der Waals surface area contributed by atoms with Crippen LogP contribution in [0.5, 0.6) is 11.5 Å². The van der Waals surface area contributed by atoms with Crippen LogP contribution in [-0.4, -0.2) is 33.8 Å². The van der Waals surface area contributed by atoms with Crippen molar-refractivity contribution in [1.82, 2.24) is 10.6 Å². The first-order valence-corrected chi connectivity index (χ1v) is 8.06. The van der Waals surface area contributed by atoms with Gasteiger partial charge in [0.25, 0.3) is 0 Å². The number of guanidine groups is 1. The number of benzene rings is 2. The highest BCUT2D eigenvalue weighted by Gasteiger charge is 2.06. The first-order valence-electron chi connectivity index (χ1n) is 8.06. The van der Waals surface area contributed by atoms with E-state index in [1.807, 2.05) is 18.2 Å². The third-order valence-electron chi connectivity index (χ3n) is 3.78. The zero-order chi connectivity index (χ0) is 18.1. The van der Waals surface area contributed by atoms with Gasteiger partial charge in [-0.15, -0.1) is 24.0 Å². The van der Waals surface area contributed by atoms with Crippen LogP contribution in [-0.2, 0) is 13.0 Å². The van der Waals surface area contributed by atoms with Gasteiger partial charge in [0, 0.05) is 31.8 Å². The molecule has 142 valence electrons. The van der Waals surface area contributed by atoms with E-state index in [9.17, 15) is 4.39 Å². The molecule has 0 aliphatic heterocycles. The lowest BCUT2D eigenvalue weighted by Crippen LogP contribution is -2.37. The highest BCUT2D eigenvalue weighted by molar-refractivity contribution is 14.0. The molecule has 0 amide bonds. The van der Waals surface area contributed by atoms with E-state index in [2.05, 4.69) is 15.6 Å². The maximum absolute atomic E-state index is 12.9. The van der Waals surface area contributed by atoms with Gasteiger partial charge in [-0.3, -0.25) is 4.99 Å². The van der Waals surface area contributed by atoms with Crippen LogP contribution in [0.4, 0.5) is 4.39 Å². The molecule has 0 fully saturated rings. The maximum Gasteiger partial charge on any atom is 0.191 e. The van der Waals surface area contributed by atoms with E-state index >= 15 is 0 Å². The van der Waals surface area contributed by atoms with Gasteiger partial charge in [0.1, 0.15) is 17.3 Å². The number of halogens is 2. The van der Waals surface area contributed by atoms with Crippen molar-refractivity contribution in [3.63, 3.8) is 0 Å². The molecule has 0 aliphatic carbocycles. The third-order valence-corrected chi connectivity index (χ3v) is 3.78. The van der Waals surface area contributed by atoms with Crippen molar-refractivity contribution >= 4 is 29.9 Å². The molecule has 0 spiro atoms. The van der Waals surface area contributed by atoms with Gasteiger partial charge in [-0.1, -0.05) is 12.1 Å². The number of nitrogens with one attached hydrogen (secondary N) is 2. The van der Waals surface area contributed by atoms with Crippen molar-refractivity contribution in [3.8, 4) is 11.5 Å². The predicted molar refractivity (Wildman–Crippen MR) is 113 cm³/mol. The molecule has 2 N–H and O–H groups in total. The Bertz CT molecular complexity index is 708. The molecule has 5 nitrogen and oxygen atoms in total. The minimum atomic E-state index is -0.220. The lowest BCUT2D eigenvalue weighted by atomic mass is 10.1. The highest BCUT2D eigenvalue weighted by Crippen LogP contribution is 2.24. The van der Waals surface area contributed by atoms with E-state index in [1.54, 1.807) is 33.4 Å². The summed E-state index contributed by atoms with van der Waals surface area (Å²) in [5.74, 6) is 1.98. The third kappa shape index (κ3) is 6.70. The van der Waals surface area contributed by atoms with Gasteiger partial charge in [0.2, 0.25) is 0 Å². The summed E-state index contributed by atoms with van der Waals surface area (Å²) in [6.45, 7) is 1.27. The second kappa shape index (κ2) is 11.6. The second-order valence-corrected chi connectivity index (χ2v) is 5.41. The summed E-state index contributed by atoms with van der Waals surface area (Å²) in [7, 11) is 4.98. The molecule has 0 bridgehead atoms. The molecule has 0 saturated carbocycles. The molecule has 0 unspecified atom stereocenters. The van der Waals surface area contributed by atoms with Crippen molar-refractivity contribution in [3.05, 3.63) is 59.4 Å². The minimum absolute atomic E-state index is 0. The van der Waals surface area contributed by atoms with Crippen LogP contribution in [0.1, 0.15) is 11.1 Å². The summed E-state index contributed by atoms with van der Waals surface area (Å²) in [5, 5.41) is 6.49. The number of ether oxygens (including phenoxy) is 2. The Balaban J connectivity index is 0.00000338.